The first kappa shape index (κ1) is 16.3. The van der Waals surface area contributed by atoms with Gasteiger partial charge in [-0.3, -0.25) is 0 Å². The van der Waals surface area contributed by atoms with Gasteiger partial charge >= 0.3 is 0 Å². The summed E-state index contributed by atoms with van der Waals surface area (Å²) in [6, 6.07) is 10.5. The van der Waals surface area contributed by atoms with Gasteiger partial charge in [-0.2, -0.15) is 0 Å². The maximum absolute atomic E-state index is 14.2. The number of hydrogen-bond donors (Lipinski definition) is 0. The van der Waals surface area contributed by atoms with E-state index in [4.69, 9.17) is 9.47 Å². The molecule has 2 rings (SSSR count). The maximum Gasteiger partial charge on any atom is 0.131 e. The Morgan fingerprint density at radius 3 is 2.33 bits per heavy atom. The van der Waals surface area contributed by atoms with Crippen LogP contribution in [0.2, 0.25) is 0 Å². The third-order valence-electron chi connectivity index (χ3n) is 3.04. The highest BCUT2D eigenvalue weighted by Crippen LogP contribution is 2.38. The quantitative estimate of drug-likeness (QED) is 0.599. The summed E-state index contributed by atoms with van der Waals surface area (Å²) in [6.07, 6.45) is 0. The summed E-state index contributed by atoms with van der Waals surface area (Å²) in [5.41, 5.74) is 1.49. The average Bonchev–Trinajstić information content (AvgIpc) is 2.47. The summed E-state index contributed by atoms with van der Waals surface area (Å²) >= 11 is 7.06. The summed E-state index contributed by atoms with van der Waals surface area (Å²) in [5.74, 6) is 0.974. The molecule has 2 aromatic carbocycles. The van der Waals surface area contributed by atoms with Gasteiger partial charge in [0.25, 0.3) is 0 Å². The van der Waals surface area contributed by atoms with Crippen LogP contribution in [0.1, 0.15) is 22.9 Å². The Kier molecular flexibility index (Phi) is 5.65. The molecule has 0 aliphatic carbocycles. The first-order valence-electron chi connectivity index (χ1n) is 6.46. The monoisotopic (exact) mass is 416 g/mol. The Morgan fingerprint density at radius 1 is 1.10 bits per heavy atom. The second-order valence-electron chi connectivity index (χ2n) is 4.37. The molecule has 2 aromatic rings. The molecule has 112 valence electrons. The van der Waals surface area contributed by atoms with E-state index in [9.17, 15) is 4.39 Å². The van der Waals surface area contributed by atoms with Gasteiger partial charge in [0.15, 0.2) is 0 Å². The van der Waals surface area contributed by atoms with Crippen LogP contribution in [0.5, 0.6) is 11.5 Å². The lowest BCUT2D eigenvalue weighted by atomic mass is 10.0. The van der Waals surface area contributed by atoms with E-state index >= 15 is 0 Å². The Balaban J connectivity index is 2.33. The van der Waals surface area contributed by atoms with E-state index < -0.39 is 0 Å². The summed E-state index contributed by atoms with van der Waals surface area (Å²) < 4.78 is 25.5. The molecule has 0 heterocycles. The lowest BCUT2D eigenvalue weighted by molar-refractivity contribution is 0.340. The minimum absolute atomic E-state index is 0.256. The molecule has 0 bridgehead atoms. The minimum Gasteiger partial charge on any atom is -0.497 e. The number of methoxy groups -OCH3 is 1. The zero-order valence-corrected chi connectivity index (χ0v) is 14.9. The third kappa shape index (κ3) is 3.77. The fraction of sp³-hybridized carbons (Fsp3) is 0.250. The topological polar surface area (TPSA) is 18.5 Å². The van der Waals surface area contributed by atoms with Gasteiger partial charge in [-0.1, -0.05) is 44.0 Å². The van der Waals surface area contributed by atoms with Crippen LogP contribution >= 0.6 is 31.9 Å². The fourth-order valence-corrected chi connectivity index (χ4v) is 3.64. The molecule has 0 amide bonds. The molecular formula is C16H15Br2FO2. The van der Waals surface area contributed by atoms with Crippen molar-refractivity contribution in [3.8, 4) is 11.5 Å². The highest BCUT2D eigenvalue weighted by Gasteiger charge is 2.18. The van der Waals surface area contributed by atoms with E-state index in [1.54, 1.807) is 12.1 Å². The molecule has 1 atom stereocenters. The molecule has 0 saturated heterocycles. The van der Waals surface area contributed by atoms with E-state index in [0.717, 1.165) is 15.8 Å². The van der Waals surface area contributed by atoms with Crippen LogP contribution in [0.4, 0.5) is 4.39 Å². The van der Waals surface area contributed by atoms with E-state index in [1.165, 1.54) is 13.2 Å². The highest BCUT2D eigenvalue weighted by atomic mass is 79.9. The molecular weight excluding hydrogens is 403 g/mol. The van der Waals surface area contributed by atoms with Crippen molar-refractivity contribution in [3.05, 3.63) is 57.8 Å². The van der Waals surface area contributed by atoms with Crippen molar-refractivity contribution in [2.75, 3.05) is 13.7 Å². The number of benzene rings is 2. The van der Waals surface area contributed by atoms with Crippen molar-refractivity contribution >= 4 is 31.9 Å². The van der Waals surface area contributed by atoms with Crippen LogP contribution in [0.3, 0.4) is 0 Å². The molecule has 0 saturated carbocycles. The number of halogens is 3. The van der Waals surface area contributed by atoms with Gasteiger partial charge in [0.05, 0.1) is 18.5 Å². The van der Waals surface area contributed by atoms with Gasteiger partial charge in [-0.15, -0.1) is 0 Å². The molecule has 0 aliphatic heterocycles. The van der Waals surface area contributed by atoms with Crippen molar-refractivity contribution < 1.29 is 13.9 Å². The van der Waals surface area contributed by atoms with Crippen molar-refractivity contribution in [2.24, 2.45) is 0 Å². The van der Waals surface area contributed by atoms with E-state index in [0.29, 0.717) is 17.9 Å². The van der Waals surface area contributed by atoms with Crippen LogP contribution in [0.25, 0.3) is 0 Å². The summed E-state index contributed by atoms with van der Waals surface area (Å²) in [5, 5.41) is 0. The molecule has 0 radical (unpaired) electrons. The number of rotatable bonds is 5. The number of hydrogen-bond acceptors (Lipinski definition) is 2. The molecule has 0 aliphatic rings. The third-order valence-corrected chi connectivity index (χ3v) is 4.71. The molecule has 0 spiro atoms. The molecule has 5 heteroatoms. The minimum atomic E-state index is -0.308. The Morgan fingerprint density at radius 2 is 1.76 bits per heavy atom. The van der Waals surface area contributed by atoms with Crippen molar-refractivity contribution in [1.29, 1.82) is 0 Å². The summed E-state index contributed by atoms with van der Waals surface area (Å²) in [7, 11) is 1.52. The second kappa shape index (κ2) is 7.27. The second-order valence-corrected chi connectivity index (χ2v) is 6.14. The predicted molar refractivity (Wildman–Crippen MR) is 89.0 cm³/mol. The van der Waals surface area contributed by atoms with Crippen LogP contribution in [-0.2, 0) is 0 Å². The molecule has 0 aromatic heterocycles. The van der Waals surface area contributed by atoms with E-state index in [2.05, 4.69) is 31.9 Å². The zero-order valence-electron chi connectivity index (χ0n) is 11.7. The largest absolute Gasteiger partial charge is 0.497 e. The Bertz CT molecular complexity index is 632. The molecule has 1 unspecified atom stereocenters. The Labute approximate surface area is 140 Å². The van der Waals surface area contributed by atoms with Crippen molar-refractivity contribution in [1.82, 2.24) is 0 Å². The lowest BCUT2D eigenvalue weighted by Gasteiger charge is -2.15. The molecule has 0 N–H and O–H groups in total. The van der Waals surface area contributed by atoms with Crippen molar-refractivity contribution in [3.63, 3.8) is 0 Å². The van der Waals surface area contributed by atoms with Gasteiger partial charge in [0.1, 0.15) is 17.3 Å². The van der Waals surface area contributed by atoms with Gasteiger partial charge in [0, 0.05) is 16.1 Å². The maximum atomic E-state index is 14.2. The van der Waals surface area contributed by atoms with Crippen LogP contribution in [0.15, 0.2) is 40.9 Å². The van der Waals surface area contributed by atoms with Crippen LogP contribution < -0.4 is 9.47 Å². The first-order valence-corrected chi connectivity index (χ1v) is 8.17. The zero-order chi connectivity index (χ0) is 15.4. The average molecular weight is 418 g/mol. The molecule has 2 nitrogen and oxygen atoms in total. The van der Waals surface area contributed by atoms with Gasteiger partial charge < -0.3 is 9.47 Å². The van der Waals surface area contributed by atoms with Crippen molar-refractivity contribution in [2.45, 2.75) is 11.8 Å². The Hall–Kier alpha value is -1.07. The first-order chi connectivity index (χ1) is 10.1. The highest BCUT2D eigenvalue weighted by molar-refractivity contribution is 9.11. The van der Waals surface area contributed by atoms with Crippen LogP contribution in [-0.4, -0.2) is 13.7 Å². The molecule has 0 fully saturated rings. The normalized spacial score (nSPS) is 12.0. The number of ether oxygens (including phenoxy) is 2. The summed E-state index contributed by atoms with van der Waals surface area (Å²) in [4.78, 5) is -0.256. The lowest BCUT2D eigenvalue weighted by Crippen LogP contribution is -1.99. The van der Waals surface area contributed by atoms with Gasteiger partial charge in [0.2, 0.25) is 0 Å². The smallest absolute Gasteiger partial charge is 0.131 e. The van der Waals surface area contributed by atoms with Gasteiger partial charge in [-0.25, -0.2) is 4.39 Å². The number of alkyl halides is 1. The molecule has 21 heavy (non-hydrogen) atoms. The van der Waals surface area contributed by atoms with E-state index in [-0.39, 0.29) is 10.6 Å². The standard InChI is InChI=1S/C16H15Br2FO2/c1-3-21-11-5-6-12(14(17)8-11)16(18)13-7-4-10(20-2)9-15(13)19/h4-9,16H,3H2,1-2H3. The fourth-order valence-electron chi connectivity index (χ4n) is 1.98. The van der Waals surface area contributed by atoms with Gasteiger partial charge in [-0.05, 0) is 30.7 Å². The van der Waals surface area contributed by atoms with E-state index in [1.807, 2.05) is 25.1 Å². The van der Waals surface area contributed by atoms with Crippen LogP contribution in [0, 0.1) is 5.82 Å². The predicted octanol–water partition coefficient (Wildman–Crippen LogP) is 5.48. The SMILES string of the molecule is CCOc1ccc(C(Br)c2ccc(OC)cc2F)c(Br)c1. The summed E-state index contributed by atoms with van der Waals surface area (Å²) in [6.45, 7) is 2.54.